The van der Waals surface area contributed by atoms with Crippen LogP contribution in [0.2, 0.25) is 5.02 Å². The van der Waals surface area contributed by atoms with Gasteiger partial charge in [0.2, 0.25) is 0 Å². The molecule has 0 fully saturated rings. The molecule has 0 saturated carbocycles. The minimum atomic E-state index is 0.419. The van der Waals surface area contributed by atoms with Crippen LogP contribution in [0.3, 0.4) is 0 Å². The molecule has 2 rings (SSSR count). The third-order valence-corrected chi connectivity index (χ3v) is 3.58. The Morgan fingerprint density at radius 1 is 1.20 bits per heavy atom. The second-order valence-electron chi connectivity index (χ2n) is 5.61. The normalized spacial score (nSPS) is 11.6. The van der Waals surface area contributed by atoms with Gasteiger partial charge in [0, 0.05) is 29.4 Å². The molecule has 0 aliphatic heterocycles. The number of benzene rings is 1. The number of halogens is 1. The second-order valence-corrected chi connectivity index (χ2v) is 6.02. The van der Waals surface area contributed by atoms with Crippen LogP contribution < -0.4 is 5.32 Å². The molecule has 0 aliphatic rings. The highest BCUT2D eigenvalue weighted by Crippen LogP contribution is 2.24. The first-order valence-corrected chi connectivity index (χ1v) is 7.43. The van der Waals surface area contributed by atoms with Gasteiger partial charge in [-0.3, -0.25) is 0 Å². The maximum atomic E-state index is 6.35. The zero-order chi connectivity index (χ0) is 14.7. The van der Waals surface area contributed by atoms with Crippen molar-refractivity contribution in [3.05, 3.63) is 46.7 Å². The number of hydrogen-bond donors (Lipinski definition) is 1. The van der Waals surface area contributed by atoms with Gasteiger partial charge in [-0.2, -0.15) is 5.10 Å². The van der Waals surface area contributed by atoms with Gasteiger partial charge in [0.15, 0.2) is 0 Å². The average Bonchev–Trinajstić information content (AvgIpc) is 2.86. The average molecular weight is 292 g/mol. The van der Waals surface area contributed by atoms with Crippen LogP contribution in [-0.4, -0.2) is 15.8 Å². The molecule has 0 amide bonds. The van der Waals surface area contributed by atoms with Crippen molar-refractivity contribution in [2.75, 3.05) is 0 Å². The number of nitrogens with zero attached hydrogens (tertiary/aromatic N) is 2. The van der Waals surface area contributed by atoms with Crippen molar-refractivity contribution in [1.29, 1.82) is 0 Å². The highest BCUT2D eigenvalue weighted by Gasteiger charge is 2.11. The van der Waals surface area contributed by atoms with Gasteiger partial charge in [0.25, 0.3) is 0 Å². The van der Waals surface area contributed by atoms with Gasteiger partial charge in [-0.1, -0.05) is 45.4 Å². The maximum absolute atomic E-state index is 6.35. The van der Waals surface area contributed by atoms with Gasteiger partial charge in [-0.25, -0.2) is 4.68 Å². The monoisotopic (exact) mass is 291 g/mol. The Bertz CT molecular complexity index is 573. The van der Waals surface area contributed by atoms with Gasteiger partial charge in [-0.15, -0.1) is 0 Å². The fourth-order valence-corrected chi connectivity index (χ4v) is 2.26. The molecular weight excluding hydrogens is 270 g/mol. The first-order valence-electron chi connectivity index (χ1n) is 7.05. The van der Waals surface area contributed by atoms with Crippen LogP contribution in [0.15, 0.2) is 30.5 Å². The van der Waals surface area contributed by atoms with Crippen molar-refractivity contribution in [1.82, 2.24) is 15.1 Å². The topological polar surface area (TPSA) is 29.9 Å². The lowest BCUT2D eigenvalue weighted by Gasteiger charge is -2.14. The summed E-state index contributed by atoms with van der Waals surface area (Å²) in [7, 11) is 0. The van der Waals surface area contributed by atoms with Gasteiger partial charge >= 0.3 is 0 Å². The molecule has 1 aromatic carbocycles. The highest BCUT2D eigenvalue weighted by atomic mass is 35.5. The summed E-state index contributed by atoms with van der Waals surface area (Å²) in [6, 6.07) is 8.43. The molecule has 3 nitrogen and oxygen atoms in total. The van der Waals surface area contributed by atoms with E-state index in [4.69, 9.17) is 11.6 Å². The third-order valence-electron chi connectivity index (χ3n) is 3.23. The van der Waals surface area contributed by atoms with Gasteiger partial charge < -0.3 is 5.32 Å². The van der Waals surface area contributed by atoms with Crippen molar-refractivity contribution in [2.45, 2.75) is 46.2 Å². The molecule has 4 heteroatoms. The quantitative estimate of drug-likeness (QED) is 0.897. The molecule has 0 atom stereocenters. The van der Waals surface area contributed by atoms with E-state index in [1.807, 2.05) is 23.0 Å². The van der Waals surface area contributed by atoms with Crippen LogP contribution in [-0.2, 0) is 6.54 Å². The first-order chi connectivity index (χ1) is 9.49. The molecule has 0 saturated heterocycles. The minimum absolute atomic E-state index is 0.419. The summed E-state index contributed by atoms with van der Waals surface area (Å²) in [5.74, 6) is 0.424. The summed E-state index contributed by atoms with van der Waals surface area (Å²) in [5.41, 5.74) is 3.21. The summed E-state index contributed by atoms with van der Waals surface area (Å²) in [5, 5.41) is 8.83. The number of nitrogens with one attached hydrogen (secondary N) is 1. The van der Waals surface area contributed by atoms with Crippen LogP contribution in [0, 0.1) is 0 Å². The van der Waals surface area contributed by atoms with E-state index in [1.54, 1.807) is 0 Å². The second kappa shape index (κ2) is 6.42. The largest absolute Gasteiger partial charge is 0.310 e. The van der Waals surface area contributed by atoms with E-state index in [1.165, 1.54) is 0 Å². The third kappa shape index (κ3) is 3.41. The van der Waals surface area contributed by atoms with Gasteiger partial charge in [-0.05, 0) is 24.1 Å². The predicted molar refractivity (Wildman–Crippen MR) is 84.6 cm³/mol. The molecule has 20 heavy (non-hydrogen) atoms. The SMILES string of the molecule is CC(C)NCc1c(Cl)cccc1-n1ccc(C(C)C)n1. The van der Waals surface area contributed by atoms with Crippen LogP contribution in [0.5, 0.6) is 0 Å². The van der Waals surface area contributed by atoms with Crippen molar-refractivity contribution in [3.8, 4) is 5.69 Å². The van der Waals surface area contributed by atoms with Crippen LogP contribution >= 0.6 is 11.6 Å². The first kappa shape index (κ1) is 15.1. The standard InChI is InChI=1S/C16H22ClN3/c1-11(2)15-8-9-20(19-15)16-7-5-6-14(17)13(16)10-18-12(3)4/h5-9,11-12,18H,10H2,1-4H3. The lowest BCUT2D eigenvalue weighted by atomic mass is 10.1. The fraction of sp³-hybridized carbons (Fsp3) is 0.438. The van der Waals surface area contributed by atoms with E-state index in [2.05, 4.69) is 50.2 Å². The molecule has 2 aromatic rings. The van der Waals surface area contributed by atoms with Crippen molar-refractivity contribution in [2.24, 2.45) is 0 Å². The summed E-state index contributed by atoms with van der Waals surface area (Å²) in [6.45, 7) is 9.28. The van der Waals surface area contributed by atoms with Gasteiger partial charge in [0.05, 0.1) is 11.4 Å². The van der Waals surface area contributed by atoms with Crippen LogP contribution in [0.1, 0.15) is 44.9 Å². The zero-order valence-electron chi connectivity index (χ0n) is 12.5. The molecular formula is C16H22ClN3. The number of hydrogen-bond acceptors (Lipinski definition) is 2. The Kier molecular flexibility index (Phi) is 4.84. The van der Waals surface area contributed by atoms with E-state index in [-0.39, 0.29) is 0 Å². The Balaban J connectivity index is 2.36. The zero-order valence-corrected chi connectivity index (χ0v) is 13.3. The lowest BCUT2D eigenvalue weighted by Crippen LogP contribution is -2.23. The predicted octanol–water partition coefficient (Wildman–Crippen LogP) is 4.15. The van der Waals surface area contributed by atoms with E-state index in [9.17, 15) is 0 Å². The van der Waals surface area contributed by atoms with Crippen LogP contribution in [0.4, 0.5) is 0 Å². The molecule has 0 bridgehead atoms. The van der Waals surface area contributed by atoms with E-state index in [0.717, 1.165) is 28.5 Å². The summed E-state index contributed by atoms with van der Waals surface area (Å²) in [4.78, 5) is 0. The summed E-state index contributed by atoms with van der Waals surface area (Å²) in [6.07, 6.45) is 2.00. The summed E-state index contributed by atoms with van der Waals surface area (Å²) < 4.78 is 1.92. The molecule has 1 aromatic heterocycles. The molecule has 0 unspecified atom stereocenters. The van der Waals surface area contributed by atoms with Crippen molar-refractivity contribution >= 4 is 11.6 Å². The Morgan fingerprint density at radius 3 is 2.55 bits per heavy atom. The Morgan fingerprint density at radius 2 is 1.95 bits per heavy atom. The molecule has 1 N–H and O–H groups in total. The lowest BCUT2D eigenvalue weighted by molar-refractivity contribution is 0.586. The number of rotatable bonds is 5. The van der Waals surface area contributed by atoms with Crippen molar-refractivity contribution < 1.29 is 0 Å². The molecule has 0 aliphatic carbocycles. The van der Waals surface area contributed by atoms with Crippen molar-refractivity contribution in [3.63, 3.8) is 0 Å². The molecule has 0 radical (unpaired) electrons. The number of aromatic nitrogens is 2. The minimum Gasteiger partial charge on any atom is -0.310 e. The molecule has 1 heterocycles. The smallest absolute Gasteiger partial charge is 0.0705 e. The van der Waals surface area contributed by atoms with E-state index in [0.29, 0.717) is 12.0 Å². The van der Waals surface area contributed by atoms with E-state index < -0.39 is 0 Å². The maximum Gasteiger partial charge on any atom is 0.0705 e. The fourth-order valence-electron chi connectivity index (χ4n) is 2.02. The summed E-state index contributed by atoms with van der Waals surface area (Å²) >= 11 is 6.35. The molecule has 0 spiro atoms. The molecule has 108 valence electrons. The van der Waals surface area contributed by atoms with Crippen LogP contribution in [0.25, 0.3) is 5.69 Å². The van der Waals surface area contributed by atoms with Gasteiger partial charge in [0.1, 0.15) is 0 Å². The Labute approximate surface area is 126 Å². The highest BCUT2D eigenvalue weighted by molar-refractivity contribution is 6.31. The Hall–Kier alpha value is -1.32. The van der Waals surface area contributed by atoms with E-state index >= 15 is 0 Å².